The van der Waals surface area contributed by atoms with Crippen LogP contribution in [-0.2, 0) is 13.0 Å². The summed E-state index contributed by atoms with van der Waals surface area (Å²) in [5, 5.41) is 6.49. The summed E-state index contributed by atoms with van der Waals surface area (Å²) in [6.45, 7) is 1.70. The van der Waals surface area contributed by atoms with Crippen molar-refractivity contribution in [3.05, 3.63) is 47.7 Å². The van der Waals surface area contributed by atoms with Crippen LogP contribution in [0.4, 0.5) is 15.9 Å². The first-order chi connectivity index (χ1) is 8.83. The number of hydrogen-bond acceptors (Lipinski definition) is 4. The lowest BCUT2D eigenvalue weighted by atomic mass is 10.1. The first-order valence-electron chi connectivity index (χ1n) is 5.89. The molecule has 2 aromatic rings. The van der Waals surface area contributed by atoms with E-state index < -0.39 is 0 Å². The molecule has 2 heterocycles. The zero-order chi connectivity index (χ0) is 12.4. The fourth-order valence-electron chi connectivity index (χ4n) is 2.06. The van der Waals surface area contributed by atoms with Gasteiger partial charge in [-0.3, -0.25) is 0 Å². The first-order valence-corrected chi connectivity index (χ1v) is 5.89. The zero-order valence-corrected chi connectivity index (χ0v) is 9.78. The molecule has 0 spiro atoms. The number of fused-ring (bicyclic) bond motifs is 1. The quantitative estimate of drug-likeness (QED) is 0.848. The van der Waals surface area contributed by atoms with Crippen LogP contribution in [0.25, 0.3) is 0 Å². The van der Waals surface area contributed by atoms with Crippen molar-refractivity contribution in [3.63, 3.8) is 0 Å². The number of nitrogens with one attached hydrogen (secondary N) is 2. The predicted octanol–water partition coefficient (Wildman–Crippen LogP) is 2.00. The summed E-state index contributed by atoms with van der Waals surface area (Å²) in [7, 11) is 0. The van der Waals surface area contributed by atoms with Gasteiger partial charge >= 0.3 is 0 Å². The molecule has 92 valence electrons. The van der Waals surface area contributed by atoms with Crippen LogP contribution < -0.4 is 10.6 Å². The second-order valence-corrected chi connectivity index (χ2v) is 4.21. The van der Waals surface area contributed by atoms with E-state index in [4.69, 9.17) is 0 Å². The molecule has 1 aliphatic rings. The van der Waals surface area contributed by atoms with Gasteiger partial charge in [-0.25, -0.2) is 14.4 Å². The second kappa shape index (κ2) is 4.70. The molecule has 0 aliphatic carbocycles. The molecule has 0 fully saturated rings. The first kappa shape index (κ1) is 11.1. The van der Waals surface area contributed by atoms with Crippen molar-refractivity contribution in [2.75, 3.05) is 11.9 Å². The average molecular weight is 244 g/mol. The lowest BCUT2D eigenvalue weighted by Crippen LogP contribution is -2.25. The minimum atomic E-state index is -0.241. The van der Waals surface area contributed by atoms with Gasteiger partial charge in [0, 0.05) is 17.8 Å². The predicted molar refractivity (Wildman–Crippen MR) is 67.1 cm³/mol. The lowest BCUT2D eigenvalue weighted by molar-refractivity contribution is 0.624. The average Bonchev–Trinajstić information content (AvgIpc) is 2.42. The second-order valence-electron chi connectivity index (χ2n) is 4.21. The zero-order valence-electron chi connectivity index (χ0n) is 9.78. The van der Waals surface area contributed by atoms with Crippen molar-refractivity contribution < 1.29 is 4.39 Å². The fourth-order valence-corrected chi connectivity index (χ4v) is 2.06. The Kier molecular flexibility index (Phi) is 2.90. The topological polar surface area (TPSA) is 49.8 Å². The highest BCUT2D eigenvalue weighted by Gasteiger charge is 2.14. The van der Waals surface area contributed by atoms with Crippen molar-refractivity contribution in [1.82, 2.24) is 15.3 Å². The Morgan fingerprint density at radius 3 is 2.83 bits per heavy atom. The molecule has 0 saturated carbocycles. The SMILES string of the molecule is Fc1ccc(Nc2ncnc3c2CCNC3)cc1. The summed E-state index contributed by atoms with van der Waals surface area (Å²) in [6, 6.07) is 6.25. The van der Waals surface area contributed by atoms with Gasteiger partial charge in [0.05, 0.1) is 5.69 Å². The molecule has 5 heteroatoms. The highest BCUT2D eigenvalue weighted by Crippen LogP contribution is 2.22. The molecule has 1 aromatic heterocycles. The van der Waals surface area contributed by atoms with E-state index >= 15 is 0 Å². The standard InChI is InChI=1S/C13H13FN4/c14-9-1-3-10(4-2-9)18-13-11-5-6-15-7-12(11)16-8-17-13/h1-4,8,15H,5-7H2,(H,16,17,18). The molecule has 0 atom stereocenters. The highest BCUT2D eigenvalue weighted by atomic mass is 19.1. The molecule has 0 amide bonds. The number of aromatic nitrogens is 2. The highest BCUT2D eigenvalue weighted by molar-refractivity contribution is 5.60. The van der Waals surface area contributed by atoms with Crippen LogP contribution in [-0.4, -0.2) is 16.5 Å². The summed E-state index contributed by atoms with van der Waals surface area (Å²) in [6.07, 6.45) is 2.46. The summed E-state index contributed by atoms with van der Waals surface area (Å²) in [5.41, 5.74) is 3.00. The van der Waals surface area contributed by atoms with Gasteiger partial charge in [-0.05, 0) is 37.2 Å². The van der Waals surface area contributed by atoms with Crippen molar-refractivity contribution in [2.24, 2.45) is 0 Å². The van der Waals surface area contributed by atoms with E-state index in [-0.39, 0.29) is 5.82 Å². The summed E-state index contributed by atoms with van der Waals surface area (Å²) >= 11 is 0. The molecule has 1 aliphatic heterocycles. The van der Waals surface area contributed by atoms with Crippen molar-refractivity contribution >= 4 is 11.5 Å². The molecule has 0 bridgehead atoms. The van der Waals surface area contributed by atoms with E-state index in [1.54, 1.807) is 18.5 Å². The molecule has 0 unspecified atom stereocenters. The third-order valence-electron chi connectivity index (χ3n) is 2.99. The van der Waals surface area contributed by atoms with E-state index in [9.17, 15) is 4.39 Å². The summed E-state index contributed by atoms with van der Waals surface area (Å²) in [5.74, 6) is 0.572. The molecule has 1 aromatic carbocycles. The molecular weight excluding hydrogens is 231 g/mol. The number of anilines is 2. The van der Waals surface area contributed by atoms with Gasteiger partial charge in [0.2, 0.25) is 0 Å². The minimum Gasteiger partial charge on any atom is -0.340 e. The van der Waals surface area contributed by atoms with E-state index in [2.05, 4.69) is 20.6 Å². The van der Waals surface area contributed by atoms with Crippen LogP contribution in [0.15, 0.2) is 30.6 Å². The Morgan fingerprint density at radius 1 is 1.17 bits per heavy atom. The normalized spacial score (nSPS) is 14.1. The van der Waals surface area contributed by atoms with Gasteiger partial charge < -0.3 is 10.6 Å². The van der Waals surface area contributed by atoms with Crippen LogP contribution in [0.3, 0.4) is 0 Å². The number of benzene rings is 1. The number of halogens is 1. The third-order valence-corrected chi connectivity index (χ3v) is 2.99. The van der Waals surface area contributed by atoms with Gasteiger partial charge in [-0.1, -0.05) is 0 Å². The molecular formula is C13H13FN4. The number of nitrogens with zero attached hydrogens (tertiary/aromatic N) is 2. The van der Waals surface area contributed by atoms with Crippen molar-refractivity contribution in [2.45, 2.75) is 13.0 Å². The Labute approximate surface area is 104 Å². The fraction of sp³-hybridized carbons (Fsp3) is 0.231. The van der Waals surface area contributed by atoms with Gasteiger partial charge in [0.25, 0.3) is 0 Å². The van der Waals surface area contributed by atoms with Gasteiger partial charge in [-0.15, -0.1) is 0 Å². The van der Waals surface area contributed by atoms with Gasteiger partial charge in [-0.2, -0.15) is 0 Å². The van der Waals surface area contributed by atoms with Crippen LogP contribution in [0, 0.1) is 5.82 Å². The number of hydrogen-bond donors (Lipinski definition) is 2. The lowest BCUT2D eigenvalue weighted by Gasteiger charge is -2.18. The van der Waals surface area contributed by atoms with Gasteiger partial charge in [0.15, 0.2) is 0 Å². The van der Waals surface area contributed by atoms with E-state index in [1.165, 1.54) is 12.1 Å². The molecule has 3 rings (SSSR count). The maximum absolute atomic E-state index is 12.8. The van der Waals surface area contributed by atoms with E-state index in [1.807, 2.05) is 0 Å². The van der Waals surface area contributed by atoms with Crippen LogP contribution in [0.1, 0.15) is 11.3 Å². The monoisotopic (exact) mass is 244 g/mol. The Morgan fingerprint density at radius 2 is 2.00 bits per heavy atom. The van der Waals surface area contributed by atoms with E-state index in [0.717, 1.165) is 42.3 Å². The maximum atomic E-state index is 12.8. The van der Waals surface area contributed by atoms with Crippen LogP contribution in [0.2, 0.25) is 0 Å². The molecule has 4 nitrogen and oxygen atoms in total. The Balaban J connectivity index is 1.90. The summed E-state index contributed by atoms with van der Waals surface area (Å²) in [4.78, 5) is 8.53. The van der Waals surface area contributed by atoms with Gasteiger partial charge in [0.1, 0.15) is 18.0 Å². The van der Waals surface area contributed by atoms with Crippen LogP contribution >= 0.6 is 0 Å². The summed E-state index contributed by atoms with van der Waals surface area (Å²) < 4.78 is 12.8. The largest absolute Gasteiger partial charge is 0.340 e. The smallest absolute Gasteiger partial charge is 0.137 e. The molecule has 18 heavy (non-hydrogen) atoms. The van der Waals surface area contributed by atoms with Crippen molar-refractivity contribution in [3.8, 4) is 0 Å². The Hall–Kier alpha value is -2.01. The maximum Gasteiger partial charge on any atom is 0.137 e. The molecule has 0 radical (unpaired) electrons. The number of rotatable bonds is 2. The third kappa shape index (κ3) is 2.17. The molecule has 2 N–H and O–H groups in total. The molecule has 0 saturated heterocycles. The van der Waals surface area contributed by atoms with E-state index in [0.29, 0.717) is 0 Å². The minimum absolute atomic E-state index is 0.241. The Bertz CT molecular complexity index is 553. The van der Waals surface area contributed by atoms with Crippen molar-refractivity contribution in [1.29, 1.82) is 0 Å². The van der Waals surface area contributed by atoms with Crippen LogP contribution in [0.5, 0.6) is 0 Å².